The van der Waals surface area contributed by atoms with Gasteiger partial charge in [-0.25, -0.2) is 15.0 Å². The second-order valence-electron chi connectivity index (χ2n) is 6.76. The van der Waals surface area contributed by atoms with Crippen LogP contribution in [0.2, 0.25) is 0 Å². The van der Waals surface area contributed by atoms with Crippen molar-refractivity contribution in [3.05, 3.63) is 49.1 Å². The van der Waals surface area contributed by atoms with Crippen molar-refractivity contribution in [3.8, 4) is 11.5 Å². The van der Waals surface area contributed by atoms with Gasteiger partial charge in [0, 0.05) is 11.9 Å². The van der Waals surface area contributed by atoms with E-state index in [2.05, 4.69) is 24.8 Å². The van der Waals surface area contributed by atoms with E-state index in [0.717, 1.165) is 52.9 Å². The summed E-state index contributed by atoms with van der Waals surface area (Å²) in [4.78, 5) is 18.4. The molecule has 0 radical (unpaired) electrons. The van der Waals surface area contributed by atoms with E-state index in [9.17, 15) is 5.11 Å². The molecule has 1 saturated heterocycles. The number of imidazole rings is 1. The minimum Gasteiger partial charge on any atom is -0.508 e. The van der Waals surface area contributed by atoms with Crippen molar-refractivity contribution in [2.75, 3.05) is 18.1 Å². The van der Waals surface area contributed by atoms with E-state index in [1.165, 1.54) is 0 Å². The standard InChI is InChI=1S/C20H19N5O2/c26-15-7-6-13-3-1-5-17(16(13)9-15)27-10-14-4-2-8-25(14)20-18-19(22-11-21-18)23-12-24-20/h1,3,5-7,9,11-12,14,26H,2,4,8,10H2,(H,21,22,23,24)/t14-/m1/s1. The van der Waals surface area contributed by atoms with Gasteiger partial charge in [0.15, 0.2) is 11.5 Å². The van der Waals surface area contributed by atoms with Crippen LogP contribution < -0.4 is 9.64 Å². The number of nitrogens with one attached hydrogen (secondary N) is 1. The molecule has 2 N–H and O–H groups in total. The Labute approximate surface area is 155 Å². The Hall–Kier alpha value is -3.35. The number of hydrogen-bond donors (Lipinski definition) is 2. The molecule has 136 valence electrons. The minimum atomic E-state index is 0.215. The maximum atomic E-state index is 9.82. The number of hydrogen-bond acceptors (Lipinski definition) is 6. The van der Waals surface area contributed by atoms with Crippen LogP contribution in [0, 0.1) is 0 Å². The first-order valence-electron chi connectivity index (χ1n) is 9.05. The van der Waals surface area contributed by atoms with Gasteiger partial charge in [0.1, 0.15) is 29.9 Å². The number of rotatable bonds is 4. The fraction of sp³-hybridized carbons (Fsp3) is 0.250. The maximum absolute atomic E-state index is 9.82. The molecule has 4 aromatic rings. The number of aromatic amines is 1. The third kappa shape index (κ3) is 2.81. The number of aromatic hydroxyl groups is 1. The predicted molar refractivity (Wildman–Crippen MR) is 103 cm³/mol. The lowest BCUT2D eigenvalue weighted by molar-refractivity contribution is 0.291. The van der Waals surface area contributed by atoms with Crippen molar-refractivity contribution < 1.29 is 9.84 Å². The lowest BCUT2D eigenvalue weighted by Gasteiger charge is -2.26. The maximum Gasteiger partial charge on any atom is 0.162 e. The highest BCUT2D eigenvalue weighted by molar-refractivity contribution is 5.89. The first kappa shape index (κ1) is 15.9. The molecule has 3 heterocycles. The fourth-order valence-electron chi connectivity index (χ4n) is 3.79. The number of fused-ring (bicyclic) bond motifs is 2. The van der Waals surface area contributed by atoms with Gasteiger partial charge in [-0.3, -0.25) is 0 Å². The normalized spacial score (nSPS) is 17.0. The fourth-order valence-corrected chi connectivity index (χ4v) is 3.79. The first-order chi connectivity index (χ1) is 13.3. The van der Waals surface area contributed by atoms with Crippen LogP contribution in [0.25, 0.3) is 21.9 Å². The van der Waals surface area contributed by atoms with Crippen LogP contribution in [0.5, 0.6) is 11.5 Å². The van der Waals surface area contributed by atoms with E-state index in [1.807, 2.05) is 24.3 Å². The van der Waals surface area contributed by atoms with Crippen molar-refractivity contribution >= 4 is 27.8 Å². The van der Waals surface area contributed by atoms with Gasteiger partial charge in [0.25, 0.3) is 0 Å². The molecule has 5 rings (SSSR count). The largest absolute Gasteiger partial charge is 0.508 e. The molecule has 2 aromatic carbocycles. The summed E-state index contributed by atoms with van der Waals surface area (Å²) in [6.07, 6.45) is 5.33. The number of nitrogens with zero attached hydrogens (tertiary/aromatic N) is 4. The van der Waals surface area contributed by atoms with Gasteiger partial charge >= 0.3 is 0 Å². The molecule has 1 atom stereocenters. The zero-order valence-electron chi connectivity index (χ0n) is 14.7. The van der Waals surface area contributed by atoms with Crippen LogP contribution in [-0.2, 0) is 0 Å². The monoisotopic (exact) mass is 361 g/mol. The van der Waals surface area contributed by atoms with E-state index in [4.69, 9.17) is 4.74 Å². The summed E-state index contributed by atoms with van der Waals surface area (Å²) in [5, 5.41) is 11.8. The number of phenols is 1. The average molecular weight is 361 g/mol. The predicted octanol–water partition coefficient (Wildman–Crippen LogP) is 3.26. The molecular weight excluding hydrogens is 342 g/mol. The van der Waals surface area contributed by atoms with Crippen molar-refractivity contribution in [3.63, 3.8) is 0 Å². The Balaban J connectivity index is 1.41. The SMILES string of the molecule is Oc1ccc2cccc(OC[C@H]3CCCN3c3ncnc4[nH]cnc34)c2c1. The molecular formula is C20H19N5O2. The van der Waals surface area contributed by atoms with Crippen LogP contribution in [-0.4, -0.2) is 44.2 Å². The summed E-state index contributed by atoms with van der Waals surface area (Å²) in [5.41, 5.74) is 1.54. The summed E-state index contributed by atoms with van der Waals surface area (Å²) >= 11 is 0. The zero-order valence-corrected chi connectivity index (χ0v) is 14.7. The van der Waals surface area contributed by atoms with Crippen LogP contribution >= 0.6 is 0 Å². The number of anilines is 1. The summed E-state index contributed by atoms with van der Waals surface area (Å²) in [7, 11) is 0. The van der Waals surface area contributed by atoms with Gasteiger partial charge < -0.3 is 19.7 Å². The average Bonchev–Trinajstić information content (AvgIpc) is 3.35. The lowest BCUT2D eigenvalue weighted by Crippen LogP contribution is -2.35. The molecule has 0 amide bonds. The van der Waals surface area contributed by atoms with E-state index in [1.54, 1.807) is 24.8 Å². The van der Waals surface area contributed by atoms with Crippen LogP contribution in [0.1, 0.15) is 12.8 Å². The van der Waals surface area contributed by atoms with Gasteiger partial charge in [-0.05, 0) is 36.4 Å². The first-order valence-corrected chi connectivity index (χ1v) is 9.05. The highest BCUT2D eigenvalue weighted by Crippen LogP contribution is 2.31. The molecule has 0 bridgehead atoms. The molecule has 0 unspecified atom stereocenters. The summed E-state index contributed by atoms with van der Waals surface area (Å²) in [6.45, 7) is 1.47. The molecule has 1 fully saturated rings. The van der Waals surface area contributed by atoms with Crippen molar-refractivity contribution in [2.24, 2.45) is 0 Å². The Bertz CT molecular complexity index is 1110. The van der Waals surface area contributed by atoms with Gasteiger partial charge in [0.05, 0.1) is 12.4 Å². The van der Waals surface area contributed by atoms with E-state index in [0.29, 0.717) is 6.61 Å². The second kappa shape index (κ2) is 6.42. The van der Waals surface area contributed by atoms with E-state index >= 15 is 0 Å². The third-order valence-electron chi connectivity index (χ3n) is 5.10. The van der Waals surface area contributed by atoms with E-state index in [-0.39, 0.29) is 11.8 Å². The quantitative estimate of drug-likeness (QED) is 0.580. The smallest absolute Gasteiger partial charge is 0.162 e. The molecule has 1 aliphatic rings. The lowest BCUT2D eigenvalue weighted by atomic mass is 10.1. The molecule has 0 saturated carbocycles. The van der Waals surface area contributed by atoms with Gasteiger partial charge in [-0.1, -0.05) is 18.2 Å². The summed E-state index contributed by atoms with van der Waals surface area (Å²) in [5.74, 6) is 1.87. The van der Waals surface area contributed by atoms with Crippen molar-refractivity contribution in [2.45, 2.75) is 18.9 Å². The van der Waals surface area contributed by atoms with Crippen molar-refractivity contribution in [1.82, 2.24) is 19.9 Å². The third-order valence-corrected chi connectivity index (χ3v) is 5.10. The molecule has 0 spiro atoms. The number of phenolic OH excluding ortho intramolecular Hbond substituents is 1. The highest BCUT2D eigenvalue weighted by atomic mass is 16.5. The molecule has 27 heavy (non-hydrogen) atoms. The molecule has 0 aliphatic carbocycles. The number of ether oxygens (including phenoxy) is 1. The number of benzene rings is 2. The van der Waals surface area contributed by atoms with E-state index < -0.39 is 0 Å². The molecule has 7 nitrogen and oxygen atoms in total. The Morgan fingerprint density at radius 2 is 2.15 bits per heavy atom. The van der Waals surface area contributed by atoms with Gasteiger partial charge in [-0.2, -0.15) is 0 Å². The highest BCUT2D eigenvalue weighted by Gasteiger charge is 2.28. The molecule has 7 heteroatoms. The number of aromatic nitrogens is 4. The molecule has 2 aromatic heterocycles. The number of H-pyrrole nitrogens is 1. The summed E-state index contributed by atoms with van der Waals surface area (Å²) < 4.78 is 6.18. The summed E-state index contributed by atoms with van der Waals surface area (Å²) in [6, 6.07) is 11.5. The molecule has 1 aliphatic heterocycles. The van der Waals surface area contributed by atoms with Gasteiger partial charge in [0.2, 0.25) is 0 Å². The van der Waals surface area contributed by atoms with Crippen LogP contribution in [0.4, 0.5) is 5.82 Å². The van der Waals surface area contributed by atoms with Gasteiger partial charge in [-0.15, -0.1) is 0 Å². The minimum absolute atomic E-state index is 0.215. The Morgan fingerprint density at radius 1 is 1.19 bits per heavy atom. The van der Waals surface area contributed by atoms with Crippen LogP contribution in [0.15, 0.2) is 49.1 Å². The Morgan fingerprint density at radius 3 is 3.11 bits per heavy atom. The van der Waals surface area contributed by atoms with Crippen LogP contribution in [0.3, 0.4) is 0 Å². The Kier molecular flexibility index (Phi) is 3.78. The second-order valence-corrected chi connectivity index (χ2v) is 6.76. The zero-order chi connectivity index (χ0) is 18.2. The topological polar surface area (TPSA) is 87.2 Å². The van der Waals surface area contributed by atoms with Crippen molar-refractivity contribution in [1.29, 1.82) is 0 Å².